The Kier molecular flexibility index (Phi) is 6.46. The quantitative estimate of drug-likeness (QED) is 0.738. The molecule has 0 aliphatic heterocycles. The molecule has 0 atom stereocenters. The molecule has 0 radical (unpaired) electrons. The number of benzene rings is 1. The molecule has 2 N–H and O–H groups in total. The Morgan fingerprint density at radius 2 is 2.05 bits per heavy atom. The van der Waals surface area contributed by atoms with Gasteiger partial charge in [0.25, 0.3) is 0 Å². The van der Waals surface area contributed by atoms with E-state index in [9.17, 15) is 9.59 Å². The van der Waals surface area contributed by atoms with Crippen LogP contribution in [0.3, 0.4) is 0 Å². The third kappa shape index (κ3) is 5.67. The largest absolute Gasteiger partial charge is 0.478 e. The van der Waals surface area contributed by atoms with Crippen LogP contribution in [0.25, 0.3) is 6.08 Å². The predicted octanol–water partition coefficient (Wildman–Crippen LogP) is 1.35. The van der Waals surface area contributed by atoms with E-state index in [4.69, 9.17) is 5.11 Å². The van der Waals surface area contributed by atoms with E-state index in [1.165, 1.54) is 0 Å². The van der Waals surface area contributed by atoms with Crippen molar-refractivity contribution in [1.82, 2.24) is 10.2 Å². The number of carboxylic acid groups (broad SMARTS) is 1. The van der Waals surface area contributed by atoms with Crippen molar-refractivity contribution in [1.29, 1.82) is 0 Å². The molecule has 0 aromatic heterocycles. The zero-order valence-electron chi connectivity index (χ0n) is 11.8. The zero-order chi connectivity index (χ0) is 15.0. The summed E-state index contributed by atoms with van der Waals surface area (Å²) in [5.41, 5.74) is 1.91. The molecule has 108 valence electrons. The zero-order valence-corrected chi connectivity index (χ0v) is 11.8. The summed E-state index contributed by atoms with van der Waals surface area (Å²) in [6.45, 7) is 1.31. The Hall–Kier alpha value is -2.14. The van der Waals surface area contributed by atoms with Crippen LogP contribution in [0.5, 0.6) is 0 Å². The topological polar surface area (TPSA) is 69.6 Å². The van der Waals surface area contributed by atoms with E-state index in [2.05, 4.69) is 5.32 Å². The molecule has 0 heterocycles. The molecule has 1 aromatic rings. The Morgan fingerprint density at radius 1 is 1.35 bits per heavy atom. The molecule has 5 heteroatoms. The highest BCUT2D eigenvalue weighted by Gasteiger charge is 2.06. The molecule has 0 spiro atoms. The summed E-state index contributed by atoms with van der Waals surface area (Å²) in [6, 6.07) is 7.62. The minimum Gasteiger partial charge on any atom is -0.478 e. The Bertz CT molecular complexity index is 498. The number of hydrogen-bond acceptors (Lipinski definition) is 3. The average Bonchev–Trinajstić information content (AvgIpc) is 2.43. The number of carbonyl (C=O) groups excluding carboxylic acids is 1. The first kappa shape index (κ1) is 15.9. The van der Waals surface area contributed by atoms with Gasteiger partial charge in [0, 0.05) is 32.6 Å². The third-order valence-electron chi connectivity index (χ3n) is 2.90. The van der Waals surface area contributed by atoms with E-state index < -0.39 is 5.97 Å². The van der Waals surface area contributed by atoms with Crippen LogP contribution in [0.15, 0.2) is 30.3 Å². The van der Waals surface area contributed by atoms with Crippen molar-refractivity contribution in [3.63, 3.8) is 0 Å². The average molecular weight is 276 g/mol. The van der Waals surface area contributed by atoms with Crippen molar-refractivity contribution in [3.05, 3.63) is 41.5 Å². The van der Waals surface area contributed by atoms with E-state index in [1.807, 2.05) is 36.2 Å². The molecule has 1 amide bonds. The summed E-state index contributed by atoms with van der Waals surface area (Å²) in [4.78, 5) is 23.8. The van der Waals surface area contributed by atoms with Gasteiger partial charge >= 0.3 is 5.97 Å². The van der Waals surface area contributed by atoms with Crippen LogP contribution in [-0.2, 0) is 16.1 Å². The second-order valence-electron chi connectivity index (χ2n) is 4.53. The molecule has 1 aromatic carbocycles. The van der Waals surface area contributed by atoms with Gasteiger partial charge in [-0.2, -0.15) is 0 Å². The minimum absolute atomic E-state index is 0.0101. The van der Waals surface area contributed by atoms with Gasteiger partial charge in [-0.05, 0) is 24.3 Å². The lowest BCUT2D eigenvalue weighted by Gasteiger charge is -2.17. The summed E-state index contributed by atoms with van der Waals surface area (Å²) >= 11 is 0. The molecule has 0 saturated carbocycles. The van der Waals surface area contributed by atoms with Crippen LogP contribution in [-0.4, -0.2) is 42.5 Å². The lowest BCUT2D eigenvalue weighted by atomic mass is 10.1. The number of rotatable bonds is 7. The van der Waals surface area contributed by atoms with Gasteiger partial charge in [-0.1, -0.05) is 24.3 Å². The number of nitrogens with one attached hydrogen (secondary N) is 1. The molecular weight excluding hydrogens is 256 g/mol. The summed E-state index contributed by atoms with van der Waals surface area (Å²) < 4.78 is 0. The normalized spacial score (nSPS) is 10.9. The SMILES string of the molecule is CNC(=O)CCN(C)Cc1ccccc1/C=C/C(=O)O. The lowest BCUT2D eigenvalue weighted by molar-refractivity contribution is -0.131. The van der Waals surface area contributed by atoms with E-state index >= 15 is 0 Å². The molecule has 0 fully saturated rings. The summed E-state index contributed by atoms with van der Waals surface area (Å²) in [6.07, 6.45) is 3.16. The second kappa shape index (κ2) is 8.12. The van der Waals surface area contributed by atoms with Gasteiger partial charge in [-0.25, -0.2) is 4.79 Å². The predicted molar refractivity (Wildman–Crippen MR) is 78.1 cm³/mol. The molecule has 20 heavy (non-hydrogen) atoms. The summed E-state index contributed by atoms with van der Waals surface area (Å²) in [5, 5.41) is 11.3. The van der Waals surface area contributed by atoms with Crippen LogP contribution < -0.4 is 5.32 Å². The Labute approximate surface area is 118 Å². The van der Waals surface area contributed by atoms with Crippen LogP contribution in [0.1, 0.15) is 17.5 Å². The van der Waals surface area contributed by atoms with Gasteiger partial charge in [0.15, 0.2) is 0 Å². The maximum absolute atomic E-state index is 11.2. The van der Waals surface area contributed by atoms with E-state index in [-0.39, 0.29) is 5.91 Å². The standard InChI is InChI=1S/C15H20N2O3/c1-16-14(18)9-10-17(2)11-13-6-4-3-5-12(13)7-8-15(19)20/h3-8H,9-11H2,1-2H3,(H,16,18)(H,19,20)/b8-7+. The van der Waals surface area contributed by atoms with E-state index in [0.717, 1.165) is 17.2 Å². The van der Waals surface area contributed by atoms with Crippen molar-refractivity contribution in [2.75, 3.05) is 20.6 Å². The van der Waals surface area contributed by atoms with E-state index in [1.54, 1.807) is 13.1 Å². The van der Waals surface area contributed by atoms with Crippen molar-refractivity contribution in [3.8, 4) is 0 Å². The fraction of sp³-hybridized carbons (Fsp3) is 0.333. The first-order chi connectivity index (χ1) is 9.52. The molecule has 0 bridgehead atoms. The number of nitrogens with zero attached hydrogens (tertiary/aromatic N) is 1. The number of carbonyl (C=O) groups is 2. The maximum atomic E-state index is 11.2. The van der Waals surface area contributed by atoms with Gasteiger partial charge in [-0.3, -0.25) is 4.79 Å². The Morgan fingerprint density at radius 3 is 2.70 bits per heavy atom. The first-order valence-electron chi connectivity index (χ1n) is 6.41. The highest BCUT2D eigenvalue weighted by atomic mass is 16.4. The smallest absolute Gasteiger partial charge is 0.328 e. The van der Waals surface area contributed by atoms with Crippen molar-refractivity contribution in [2.24, 2.45) is 0 Å². The van der Waals surface area contributed by atoms with Crippen LogP contribution in [0.2, 0.25) is 0 Å². The van der Waals surface area contributed by atoms with Gasteiger partial charge in [0.2, 0.25) is 5.91 Å². The number of amides is 1. The second-order valence-corrected chi connectivity index (χ2v) is 4.53. The maximum Gasteiger partial charge on any atom is 0.328 e. The molecule has 0 saturated heterocycles. The number of aliphatic carboxylic acids is 1. The minimum atomic E-state index is -0.965. The fourth-order valence-corrected chi connectivity index (χ4v) is 1.79. The lowest BCUT2D eigenvalue weighted by Crippen LogP contribution is -2.26. The van der Waals surface area contributed by atoms with Crippen LogP contribution in [0.4, 0.5) is 0 Å². The van der Waals surface area contributed by atoms with Crippen molar-refractivity contribution >= 4 is 18.0 Å². The molecule has 0 aliphatic carbocycles. The van der Waals surface area contributed by atoms with Crippen LogP contribution >= 0.6 is 0 Å². The summed E-state index contributed by atoms with van der Waals surface area (Å²) in [5.74, 6) is -0.955. The Balaban J connectivity index is 2.67. The van der Waals surface area contributed by atoms with Crippen molar-refractivity contribution < 1.29 is 14.7 Å². The molecule has 1 rings (SSSR count). The number of hydrogen-bond donors (Lipinski definition) is 2. The summed E-state index contributed by atoms with van der Waals surface area (Å²) in [7, 11) is 3.55. The monoisotopic (exact) mass is 276 g/mol. The highest BCUT2D eigenvalue weighted by Crippen LogP contribution is 2.13. The molecule has 5 nitrogen and oxygen atoms in total. The van der Waals surface area contributed by atoms with E-state index in [0.29, 0.717) is 19.5 Å². The van der Waals surface area contributed by atoms with Gasteiger partial charge < -0.3 is 15.3 Å². The van der Waals surface area contributed by atoms with Gasteiger partial charge in [-0.15, -0.1) is 0 Å². The van der Waals surface area contributed by atoms with Crippen molar-refractivity contribution in [2.45, 2.75) is 13.0 Å². The highest BCUT2D eigenvalue weighted by molar-refractivity contribution is 5.85. The molecule has 0 unspecified atom stereocenters. The van der Waals surface area contributed by atoms with Gasteiger partial charge in [0.1, 0.15) is 0 Å². The van der Waals surface area contributed by atoms with Crippen LogP contribution in [0, 0.1) is 0 Å². The molecular formula is C15H20N2O3. The molecule has 0 aliphatic rings. The first-order valence-corrected chi connectivity index (χ1v) is 6.41. The fourth-order valence-electron chi connectivity index (χ4n) is 1.79. The van der Waals surface area contributed by atoms with Gasteiger partial charge in [0.05, 0.1) is 0 Å². The third-order valence-corrected chi connectivity index (χ3v) is 2.90. The number of carboxylic acids is 1.